The second-order valence-electron chi connectivity index (χ2n) is 12.7. The van der Waals surface area contributed by atoms with Crippen LogP contribution in [0.25, 0.3) is 0 Å². The molecular weight excluding hydrogens is 504 g/mol. The average Bonchev–Trinajstić information content (AvgIpc) is 3.42. The van der Waals surface area contributed by atoms with Gasteiger partial charge in [-0.3, -0.25) is 4.79 Å². The predicted octanol–water partition coefficient (Wildman–Crippen LogP) is 7.63. The Hall–Kier alpha value is -1.99. The quantitative estimate of drug-likeness (QED) is 0.165. The molecule has 0 saturated carbocycles. The number of carboxylic acid groups (broad SMARTS) is 1. The number of carboxylic acids is 1. The Kier molecular flexibility index (Phi) is 11.4. The monoisotopic (exact) mass is 554 g/mol. The zero-order chi connectivity index (χ0) is 28.5. The number of unbranched alkanes of at least 4 members (excludes halogenated alkanes) is 4. The van der Waals surface area contributed by atoms with E-state index in [1.54, 1.807) is 6.92 Å². The molecule has 0 aromatic heterocycles. The maximum Gasteiger partial charge on any atom is 0.312 e. The number of rotatable bonds is 16. The van der Waals surface area contributed by atoms with E-state index in [4.69, 9.17) is 9.47 Å². The number of aliphatic hydroxyl groups excluding tert-OH is 1. The van der Waals surface area contributed by atoms with Crippen LogP contribution >= 0.6 is 0 Å². The van der Waals surface area contributed by atoms with Crippen LogP contribution in [0.4, 0.5) is 0 Å². The van der Waals surface area contributed by atoms with Crippen molar-refractivity contribution in [3.8, 4) is 0 Å². The van der Waals surface area contributed by atoms with E-state index in [9.17, 15) is 15.0 Å². The Balaban J connectivity index is 1.72. The minimum Gasteiger partial charge on any atom is -0.481 e. The lowest BCUT2D eigenvalue weighted by Gasteiger charge is -2.40. The average molecular weight is 555 g/mol. The van der Waals surface area contributed by atoms with Gasteiger partial charge in [0.1, 0.15) is 0 Å². The summed E-state index contributed by atoms with van der Waals surface area (Å²) in [7, 11) is -1.54. The summed E-state index contributed by atoms with van der Waals surface area (Å²) in [6.45, 7) is 12.0. The molecule has 216 valence electrons. The van der Waals surface area contributed by atoms with Gasteiger partial charge in [-0.2, -0.15) is 0 Å². The lowest BCUT2D eigenvalue weighted by atomic mass is 9.70. The first-order valence-electron chi connectivity index (χ1n) is 14.9. The molecule has 1 heterocycles. The van der Waals surface area contributed by atoms with Crippen LogP contribution in [-0.4, -0.2) is 43.6 Å². The summed E-state index contributed by atoms with van der Waals surface area (Å²) in [6.07, 6.45) is 6.75. The predicted molar refractivity (Wildman–Crippen MR) is 161 cm³/mol. The summed E-state index contributed by atoms with van der Waals surface area (Å²) >= 11 is 0. The van der Waals surface area contributed by atoms with Crippen molar-refractivity contribution < 1.29 is 24.5 Å². The third-order valence-corrected chi connectivity index (χ3v) is 10.1. The molecule has 39 heavy (non-hydrogen) atoms. The minimum atomic E-state index is -1.54. The first-order valence-corrected chi connectivity index (χ1v) is 18.6. The molecule has 0 amide bonds. The summed E-state index contributed by atoms with van der Waals surface area (Å²) < 4.78 is 12.2. The second kappa shape index (κ2) is 14.1. The van der Waals surface area contributed by atoms with Crippen molar-refractivity contribution in [2.24, 2.45) is 11.3 Å². The van der Waals surface area contributed by atoms with Gasteiger partial charge in [-0.15, -0.1) is 0 Å². The maximum absolute atomic E-state index is 12.7. The second-order valence-corrected chi connectivity index (χ2v) is 18.2. The van der Waals surface area contributed by atoms with Crippen LogP contribution in [0.2, 0.25) is 25.7 Å². The Morgan fingerprint density at radius 2 is 1.51 bits per heavy atom. The van der Waals surface area contributed by atoms with Crippen molar-refractivity contribution in [2.75, 3.05) is 13.2 Å². The van der Waals surface area contributed by atoms with Crippen molar-refractivity contribution in [2.45, 2.75) is 103 Å². The van der Waals surface area contributed by atoms with Gasteiger partial charge in [-0.1, -0.05) is 119 Å². The lowest BCUT2D eigenvalue weighted by molar-refractivity contribution is -0.160. The van der Waals surface area contributed by atoms with Gasteiger partial charge in [-0.25, -0.2) is 0 Å². The van der Waals surface area contributed by atoms with Gasteiger partial charge in [-0.05, 0) is 37.7 Å². The molecule has 0 aliphatic carbocycles. The van der Waals surface area contributed by atoms with E-state index in [0.29, 0.717) is 26.1 Å². The number of ether oxygens (including phenoxy) is 2. The molecule has 0 spiro atoms. The first kappa shape index (κ1) is 31.5. The third kappa shape index (κ3) is 8.03. The van der Waals surface area contributed by atoms with Gasteiger partial charge >= 0.3 is 5.97 Å². The van der Waals surface area contributed by atoms with Crippen molar-refractivity contribution >= 4 is 14.0 Å². The Morgan fingerprint density at radius 3 is 2.08 bits per heavy atom. The summed E-state index contributed by atoms with van der Waals surface area (Å²) in [4.78, 5) is 12.7. The van der Waals surface area contributed by atoms with Gasteiger partial charge < -0.3 is 19.7 Å². The lowest BCUT2D eigenvalue weighted by Crippen LogP contribution is -2.48. The number of hydrogen-bond acceptors (Lipinski definition) is 4. The van der Waals surface area contributed by atoms with E-state index in [-0.39, 0.29) is 5.92 Å². The van der Waals surface area contributed by atoms with Crippen LogP contribution in [0.5, 0.6) is 0 Å². The number of aliphatic hydroxyl groups is 1. The topological polar surface area (TPSA) is 76.0 Å². The van der Waals surface area contributed by atoms with Crippen molar-refractivity contribution in [3.63, 3.8) is 0 Å². The summed E-state index contributed by atoms with van der Waals surface area (Å²) in [5, 5.41) is 21.8. The minimum absolute atomic E-state index is 0.0249. The summed E-state index contributed by atoms with van der Waals surface area (Å²) in [5.41, 5.74) is 1.80. The van der Waals surface area contributed by atoms with Crippen LogP contribution in [0.15, 0.2) is 54.6 Å². The summed E-state index contributed by atoms with van der Waals surface area (Å²) in [6, 6.07) is 19.0. The third-order valence-electron chi connectivity index (χ3n) is 8.40. The van der Waals surface area contributed by atoms with Gasteiger partial charge in [0, 0.05) is 19.2 Å². The Morgan fingerprint density at radius 1 is 0.923 bits per heavy atom. The highest BCUT2D eigenvalue weighted by molar-refractivity contribution is 6.76. The number of hydrogen-bond donors (Lipinski definition) is 2. The van der Waals surface area contributed by atoms with Crippen LogP contribution in [0.3, 0.4) is 0 Å². The molecule has 0 radical (unpaired) electrons. The first-order chi connectivity index (χ1) is 18.5. The molecule has 2 aromatic rings. The highest BCUT2D eigenvalue weighted by Gasteiger charge is 2.48. The molecule has 1 aliphatic heterocycles. The van der Waals surface area contributed by atoms with Crippen LogP contribution in [0.1, 0.15) is 75.5 Å². The zero-order valence-corrected chi connectivity index (χ0v) is 25.7. The molecule has 1 aliphatic rings. The molecule has 1 saturated heterocycles. The molecule has 3 atom stereocenters. The van der Waals surface area contributed by atoms with Gasteiger partial charge in [0.2, 0.25) is 5.79 Å². The van der Waals surface area contributed by atoms with E-state index in [1.807, 2.05) is 54.6 Å². The normalized spacial score (nSPS) is 18.4. The van der Waals surface area contributed by atoms with E-state index < -0.39 is 31.3 Å². The van der Waals surface area contributed by atoms with Gasteiger partial charge in [0.05, 0.1) is 24.7 Å². The SMILES string of the molecule is CCCCCCCC(C[Si](C)(C)C)C(C)(C(=O)O)C(O)CCc1ccc(C2(c3ccccc3)OCCO2)cc1. The number of aliphatic carboxylic acids is 1. The van der Waals surface area contributed by atoms with Crippen LogP contribution in [-0.2, 0) is 26.5 Å². The van der Waals surface area contributed by atoms with Crippen molar-refractivity contribution in [1.29, 1.82) is 0 Å². The number of aryl methyl sites for hydroxylation is 1. The fourth-order valence-corrected chi connectivity index (χ4v) is 8.11. The van der Waals surface area contributed by atoms with E-state index in [2.05, 4.69) is 26.6 Å². The van der Waals surface area contributed by atoms with Gasteiger partial charge in [0.15, 0.2) is 0 Å². The molecule has 2 aromatic carbocycles. The highest BCUT2D eigenvalue weighted by atomic mass is 28.3. The number of benzene rings is 2. The van der Waals surface area contributed by atoms with Gasteiger partial charge in [0.25, 0.3) is 0 Å². The molecule has 3 rings (SSSR count). The molecule has 0 bridgehead atoms. The van der Waals surface area contributed by atoms with E-state index in [0.717, 1.165) is 42.0 Å². The maximum atomic E-state index is 12.7. The zero-order valence-electron chi connectivity index (χ0n) is 24.7. The standard InChI is InChI=1S/C33H50O5Si/c1-6-7-8-9-11-16-29(25-39(3,4)5)32(2,31(35)36)30(34)22-19-26-17-20-28(21-18-26)33(37-23-24-38-33)27-14-12-10-13-15-27/h10,12-15,17-18,20-21,29-30,34H,6-9,11,16,19,22-25H2,1-5H3,(H,35,36). The number of carbonyl (C=O) groups is 1. The fourth-order valence-electron chi connectivity index (χ4n) is 6.00. The fraction of sp³-hybridized carbons (Fsp3) is 0.606. The molecular formula is C33H50O5Si. The van der Waals surface area contributed by atoms with Crippen LogP contribution < -0.4 is 0 Å². The largest absolute Gasteiger partial charge is 0.481 e. The molecule has 3 unspecified atom stereocenters. The molecule has 2 N–H and O–H groups in total. The van der Waals surface area contributed by atoms with E-state index in [1.165, 1.54) is 19.3 Å². The summed E-state index contributed by atoms with van der Waals surface area (Å²) in [5.74, 6) is -1.80. The van der Waals surface area contributed by atoms with E-state index >= 15 is 0 Å². The van der Waals surface area contributed by atoms with Crippen LogP contribution in [0, 0.1) is 11.3 Å². The molecule has 1 fully saturated rings. The van der Waals surface area contributed by atoms with Crippen molar-refractivity contribution in [3.05, 3.63) is 71.3 Å². The highest BCUT2D eigenvalue weighted by Crippen LogP contribution is 2.42. The smallest absolute Gasteiger partial charge is 0.312 e. The molecule has 6 heteroatoms. The Labute approximate surface area is 237 Å². The van der Waals surface area contributed by atoms with Crippen molar-refractivity contribution in [1.82, 2.24) is 0 Å². The molecule has 5 nitrogen and oxygen atoms in total. The Bertz CT molecular complexity index is 1010.